The minimum Gasteiger partial charge on any atom is -0.394 e. The summed E-state index contributed by atoms with van der Waals surface area (Å²) in [6.07, 6.45) is -11.7. The summed E-state index contributed by atoms with van der Waals surface area (Å²) in [7, 11) is -11.0. The van der Waals surface area contributed by atoms with E-state index in [1.165, 1.54) is 0 Å². The second-order valence-electron chi connectivity index (χ2n) is 8.82. The molecule has 0 radical (unpaired) electrons. The number of Topliss-reactive ketones (excluding diaryl/α,β-unsaturated/α-hetero) is 1. The van der Waals surface area contributed by atoms with E-state index in [9.17, 15) is 58.8 Å². The molecule has 11 unspecified atom stereocenters. The molecule has 19 nitrogen and oxygen atoms in total. The number of aliphatic hydroxyl groups is 5. The Balaban J connectivity index is 1.98. The second kappa shape index (κ2) is 14.5. The van der Waals surface area contributed by atoms with Crippen LogP contribution >= 0.6 is 15.6 Å². The topological polar surface area (TPSA) is 297 Å². The molecule has 21 heteroatoms. The molecule has 2 aliphatic rings. The quantitative estimate of drug-likeness (QED) is 0.0710. The van der Waals surface area contributed by atoms with Gasteiger partial charge in [0, 0.05) is 31.5 Å². The molecule has 2 aliphatic heterocycles. The van der Waals surface area contributed by atoms with Gasteiger partial charge < -0.3 is 54.9 Å². The van der Waals surface area contributed by atoms with Gasteiger partial charge in [0.2, 0.25) is 5.91 Å². The highest BCUT2D eigenvalue weighted by atomic mass is 31.3. The number of rotatable bonds is 13. The molecular formula is C19H32N2O17P2. The smallest absolute Gasteiger partial charge is 0.394 e. The molecule has 2 saturated heterocycles. The number of ether oxygens (including phenoxy) is 2. The van der Waals surface area contributed by atoms with E-state index in [0.29, 0.717) is 0 Å². The first kappa shape index (κ1) is 34.5. The number of carbonyl (C=O) groups is 3. The first-order valence-corrected chi connectivity index (χ1v) is 14.5. The standard InChI is InChI=1S/C19H32N2O17P2/c1-8(23)5-10-14(26)15(27)11(6-22)36-19(10)37-40(32,33)38-39(30,31)34-7-12-16(28)17(29)18(35-12)20-4-3-13(25)21-9(2)24/h3-4,10-12,14-20,22,26-29H,5-7H2,1-2H3,(H,30,31)(H,32,33)(H,21,24,25)/b4-3-. The van der Waals surface area contributed by atoms with E-state index in [0.717, 1.165) is 26.1 Å². The summed E-state index contributed by atoms with van der Waals surface area (Å²) in [6, 6.07) is 0. The van der Waals surface area contributed by atoms with Crippen molar-refractivity contribution in [2.75, 3.05) is 13.2 Å². The van der Waals surface area contributed by atoms with Gasteiger partial charge >= 0.3 is 15.6 Å². The van der Waals surface area contributed by atoms with Crippen molar-refractivity contribution in [2.45, 2.75) is 69.4 Å². The van der Waals surface area contributed by atoms with E-state index in [2.05, 4.69) is 14.2 Å². The minimum absolute atomic E-state index is 0.515. The predicted molar refractivity (Wildman–Crippen MR) is 126 cm³/mol. The van der Waals surface area contributed by atoms with Crippen LogP contribution in [0.1, 0.15) is 20.3 Å². The number of ketones is 1. The summed E-state index contributed by atoms with van der Waals surface area (Å²) in [4.78, 5) is 53.7. The van der Waals surface area contributed by atoms with Gasteiger partial charge in [-0.1, -0.05) is 0 Å². The van der Waals surface area contributed by atoms with Gasteiger partial charge in [0.05, 0.1) is 19.3 Å². The average molecular weight is 622 g/mol. The Morgan fingerprint density at radius 3 is 2.12 bits per heavy atom. The number of hydrogen-bond donors (Lipinski definition) is 9. The van der Waals surface area contributed by atoms with Crippen molar-refractivity contribution in [2.24, 2.45) is 5.92 Å². The van der Waals surface area contributed by atoms with E-state index in [1.54, 1.807) is 0 Å². The first-order chi connectivity index (χ1) is 18.5. The molecular weight excluding hydrogens is 590 g/mol. The summed E-state index contributed by atoms with van der Waals surface area (Å²) >= 11 is 0. The van der Waals surface area contributed by atoms with E-state index < -0.39 is 108 Å². The van der Waals surface area contributed by atoms with Crippen LogP contribution in [0.5, 0.6) is 0 Å². The van der Waals surface area contributed by atoms with Crippen LogP contribution < -0.4 is 10.6 Å². The molecule has 0 aromatic rings. The van der Waals surface area contributed by atoms with Crippen LogP contribution in [0.3, 0.4) is 0 Å². The number of imide groups is 1. The third-order valence-corrected chi connectivity index (χ3v) is 8.13. The van der Waals surface area contributed by atoms with Gasteiger partial charge in [0.1, 0.15) is 36.3 Å². The molecule has 0 spiro atoms. The summed E-state index contributed by atoms with van der Waals surface area (Å²) in [5.74, 6) is -3.40. The number of aliphatic hydroxyl groups excluding tert-OH is 5. The van der Waals surface area contributed by atoms with Gasteiger partial charge in [-0.15, -0.1) is 0 Å². The Kier molecular flexibility index (Phi) is 12.5. The SMILES string of the molecule is CC(=O)CC1C(OP(=O)(O)OP(=O)(O)OCC2OC(N/C=C\C(=O)NC(C)=O)C(O)C2O)OC(CO)C(O)C1O. The molecule has 0 aliphatic carbocycles. The lowest BCUT2D eigenvalue weighted by Gasteiger charge is -2.41. The number of phosphoric ester groups is 2. The lowest BCUT2D eigenvalue weighted by molar-refractivity contribution is -0.263. The van der Waals surface area contributed by atoms with Crippen LogP contribution in [0.2, 0.25) is 0 Å². The summed E-state index contributed by atoms with van der Waals surface area (Å²) in [5, 5.41) is 54.1. The van der Waals surface area contributed by atoms with E-state index >= 15 is 0 Å². The van der Waals surface area contributed by atoms with Crippen molar-refractivity contribution in [3.05, 3.63) is 12.3 Å². The largest absolute Gasteiger partial charge is 0.483 e. The van der Waals surface area contributed by atoms with Gasteiger partial charge in [-0.05, 0) is 6.92 Å². The highest BCUT2D eigenvalue weighted by molar-refractivity contribution is 7.61. The zero-order valence-electron chi connectivity index (χ0n) is 21.1. The maximum Gasteiger partial charge on any atom is 0.483 e. The minimum atomic E-state index is -5.57. The van der Waals surface area contributed by atoms with Crippen LogP contribution in [0.25, 0.3) is 0 Å². The lowest BCUT2D eigenvalue weighted by Crippen LogP contribution is -2.56. The molecule has 9 N–H and O–H groups in total. The third kappa shape index (κ3) is 10.0. The van der Waals surface area contributed by atoms with E-state index in [1.807, 2.05) is 5.32 Å². The van der Waals surface area contributed by atoms with Crippen LogP contribution in [0.15, 0.2) is 12.3 Å². The summed E-state index contributed by atoms with van der Waals surface area (Å²) in [6.45, 7) is 0.378. The fraction of sp³-hybridized carbons (Fsp3) is 0.737. The Bertz CT molecular complexity index is 1040. The zero-order chi connectivity index (χ0) is 30.4. The monoisotopic (exact) mass is 622 g/mol. The van der Waals surface area contributed by atoms with Crippen molar-refractivity contribution in [3.8, 4) is 0 Å². The maximum atomic E-state index is 12.5. The molecule has 40 heavy (non-hydrogen) atoms. The molecule has 2 rings (SSSR count). The fourth-order valence-electron chi connectivity index (χ4n) is 3.72. The van der Waals surface area contributed by atoms with Gasteiger partial charge in [0.25, 0.3) is 5.91 Å². The highest BCUT2D eigenvalue weighted by Crippen LogP contribution is 2.61. The third-order valence-electron chi connectivity index (χ3n) is 5.53. The zero-order valence-corrected chi connectivity index (χ0v) is 22.9. The van der Waals surface area contributed by atoms with Crippen LogP contribution in [-0.4, -0.2) is 115 Å². The van der Waals surface area contributed by atoms with Gasteiger partial charge in [-0.2, -0.15) is 4.31 Å². The molecule has 0 aromatic carbocycles. The van der Waals surface area contributed by atoms with Crippen molar-refractivity contribution in [1.29, 1.82) is 0 Å². The molecule has 230 valence electrons. The van der Waals surface area contributed by atoms with E-state index in [-0.39, 0.29) is 0 Å². The number of nitrogens with one attached hydrogen (secondary N) is 2. The Hall–Kier alpha value is -1.67. The summed E-state index contributed by atoms with van der Waals surface area (Å²) in [5.41, 5.74) is 0. The summed E-state index contributed by atoms with van der Waals surface area (Å²) < 4.78 is 48.6. The van der Waals surface area contributed by atoms with Crippen molar-refractivity contribution in [3.63, 3.8) is 0 Å². The van der Waals surface area contributed by atoms with Gasteiger partial charge in [-0.3, -0.25) is 24.0 Å². The van der Waals surface area contributed by atoms with Crippen molar-refractivity contribution >= 4 is 33.2 Å². The molecule has 0 bridgehead atoms. The fourth-order valence-corrected chi connectivity index (χ4v) is 5.91. The van der Waals surface area contributed by atoms with Crippen LogP contribution in [-0.2, 0) is 46.3 Å². The van der Waals surface area contributed by atoms with Gasteiger partial charge in [-0.25, -0.2) is 9.13 Å². The number of phosphoric acid groups is 2. The molecule has 2 fully saturated rings. The normalized spacial score (nSPS) is 35.6. The lowest BCUT2D eigenvalue weighted by atomic mass is 9.87. The predicted octanol–water partition coefficient (Wildman–Crippen LogP) is -3.52. The van der Waals surface area contributed by atoms with Crippen LogP contribution in [0.4, 0.5) is 0 Å². The second-order valence-corrected chi connectivity index (χ2v) is 11.8. The first-order valence-electron chi connectivity index (χ1n) is 11.5. The van der Waals surface area contributed by atoms with E-state index in [4.69, 9.17) is 14.0 Å². The molecule has 11 atom stereocenters. The van der Waals surface area contributed by atoms with Crippen LogP contribution in [0, 0.1) is 5.92 Å². The van der Waals surface area contributed by atoms with Crippen molar-refractivity contribution in [1.82, 2.24) is 10.6 Å². The molecule has 0 aromatic heterocycles. The molecule has 2 amide bonds. The van der Waals surface area contributed by atoms with Gasteiger partial charge in [0.15, 0.2) is 12.5 Å². The Morgan fingerprint density at radius 2 is 1.55 bits per heavy atom. The molecule has 2 heterocycles. The van der Waals surface area contributed by atoms with Crippen molar-refractivity contribution < 1.29 is 81.7 Å². The number of hydrogen-bond acceptors (Lipinski definition) is 16. The number of amides is 2. The maximum absolute atomic E-state index is 12.5. The Labute approximate surface area is 226 Å². The Morgan fingerprint density at radius 1 is 0.925 bits per heavy atom. The number of carbonyl (C=O) groups excluding carboxylic acids is 3. The molecule has 0 saturated carbocycles. The highest BCUT2D eigenvalue weighted by Gasteiger charge is 2.50. The average Bonchev–Trinajstić information content (AvgIpc) is 3.09.